The summed E-state index contributed by atoms with van der Waals surface area (Å²) in [4.78, 5) is 4.86. The monoisotopic (exact) mass is 265 g/mol. The van der Waals surface area contributed by atoms with Crippen LogP contribution in [0.25, 0.3) is 0 Å². The van der Waals surface area contributed by atoms with Crippen molar-refractivity contribution in [3.05, 3.63) is 15.0 Å². The Morgan fingerprint density at radius 3 is 2.85 bits per heavy atom. The molecule has 0 radical (unpaired) electrons. The molecule has 0 amide bonds. The fourth-order valence-corrected chi connectivity index (χ4v) is 2.82. The lowest BCUT2D eigenvalue weighted by Crippen LogP contribution is -2.29. The average molecular weight is 266 g/mol. The third-order valence-electron chi connectivity index (χ3n) is 1.91. The fraction of sp³-hybridized carbons (Fsp3) is 0.625. The molecule has 0 saturated carbocycles. The molecule has 1 aromatic rings. The van der Waals surface area contributed by atoms with Crippen molar-refractivity contribution < 1.29 is 9.84 Å². The molecule has 1 heterocycles. The van der Waals surface area contributed by atoms with Gasteiger partial charge in [0.25, 0.3) is 0 Å². The SMILES string of the molecule is CCC(O)(COC)c1scnc1Br. The lowest BCUT2D eigenvalue weighted by Gasteiger charge is -2.24. The molecule has 0 aromatic carbocycles. The zero-order chi connectivity index (χ0) is 9.90. The number of ether oxygens (including phenoxy) is 1. The number of nitrogens with zero attached hydrogens (tertiary/aromatic N) is 1. The van der Waals surface area contributed by atoms with Crippen molar-refractivity contribution in [2.45, 2.75) is 18.9 Å². The predicted octanol–water partition coefficient (Wildman–Crippen LogP) is 2.15. The number of aliphatic hydroxyl groups is 1. The molecule has 0 spiro atoms. The van der Waals surface area contributed by atoms with Gasteiger partial charge in [-0.25, -0.2) is 4.98 Å². The van der Waals surface area contributed by atoms with Gasteiger partial charge in [0.1, 0.15) is 10.2 Å². The number of thiazole rings is 1. The van der Waals surface area contributed by atoms with E-state index in [0.29, 0.717) is 17.6 Å². The summed E-state index contributed by atoms with van der Waals surface area (Å²) < 4.78 is 5.69. The van der Waals surface area contributed by atoms with Gasteiger partial charge in [-0.05, 0) is 22.4 Å². The predicted molar refractivity (Wildman–Crippen MR) is 55.9 cm³/mol. The standard InChI is InChI=1S/C8H12BrNO2S/c1-3-8(11,4-12-2)6-7(9)10-5-13-6/h5,11H,3-4H2,1-2H3. The quantitative estimate of drug-likeness (QED) is 0.908. The first-order valence-electron chi connectivity index (χ1n) is 3.95. The van der Waals surface area contributed by atoms with E-state index in [9.17, 15) is 5.11 Å². The molecule has 1 unspecified atom stereocenters. The molecule has 1 atom stereocenters. The number of halogens is 1. The first-order chi connectivity index (χ1) is 6.14. The largest absolute Gasteiger partial charge is 0.382 e. The molecule has 13 heavy (non-hydrogen) atoms. The minimum absolute atomic E-state index is 0.296. The second-order valence-corrected chi connectivity index (χ2v) is 4.40. The van der Waals surface area contributed by atoms with E-state index >= 15 is 0 Å². The number of rotatable bonds is 4. The molecule has 0 aliphatic carbocycles. The minimum atomic E-state index is -0.908. The van der Waals surface area contributed by atoms with E-state index < -0.39 is 5.60 Å². The normalized spacial score (nSPS) is 15.7. The zero-order valence-electron chi connectivity index (χ0n) is 7.58. The third-order valence-corrected chi connectivity index (χ3v) is 3.80. The van der Waals surface area contributed by atoms with Crippen LogP contribution >= 0.6 is 27.3 Å². The maximum atomic E-state index is 10.2. The highest BCUT2D eigenvalue weighted by molar-refractivity contribution is 9.10. The Balaban J connectivity index is 2.95. The van der Waals surface area contributed by atoms with Crippen molar-refractivity contribution in [1.82, 2.24) is 4.98 Å². The van der Waals surface area contributed by atoms with E-state index in [0.717, 1.165) is 4.88 Å². The summed E-state index contributed by atoms with van der Waals surface area (Å²) in [6, 6.07) is 0. The van der Waals surface area contributed by atoms with Crippen molar-refractivity contribution in [2.24, 2.45) is 0 Å². The molecule has 0 saturated heterocycles. The van der Waals surface area contributed by atoms with Crippen molar-refractivity contribution >= 4 is 27.3 Å². The van der Waals surface area contributed by atoms with Gasteiger partial charge in [0.05, 0.1) is 17.0 Å². The lowest BCUT2D eigenvalue weighted by atomic mass is 10.0. The van der Waals surface area contributed by atoms with E-state index in [2.05, 4.69) is 20.9 Å². The second kappa shape index (κ2) is 4.50. The topological polar surface area (TPSA) is 42.4 Å². The van der Waals surface area contributed by atoms with E-state index in [4.69, 9.17) is 4.74 Å². The minimum Gasteiger partial charge on any atom is -0.382 e. The van der Waals surface area contributed by atoms with Crippen molar-refractivity contribution in [1.29, 1.82) is 0 Å². The van der Waals surface area contributed by atoms with Crippen LogP contribution in [-0.4, -0.2) is 23.8 Å². The van der Waals surface area contributed by atoms with Crippen LogP contribution in [-0.2, 0) is 10.3 Å². The van der Waals surface area contributed by atoms with Gasteiger partial charge in [0.2, 0.25) is 0 Å². The van der Waals surface area contributed by atoms with E-state index in [1.807, 2.05) is 6.92 Å². The molecule has 1 aromatic heterocycles. The van der Waals surface area contributed by atoms with Gasteiger partial charge in [0, 0.05) is 7.11 Å². The van der Waals surface area contributed by atoms with Crippen LogP contribution in [0.2, 0.25) is 0 Å². The molecule has 0 aliphatic rings. The van der Waals surface area contributed by atoms with Gasteiger partial charge >= 0.3 is 0 Å². The molecule has 1 rings (SSSR count). The third kappa shape index (κ3) is 2.28. The number of aromatic nitrogens is 1. The van der Waals surface area contributed by atoms with Gasteiger partial charge < -0.3 is 9.84 Å². The van der Waals surface area contributed by atoms with E-state index in [-0.39, 0.29) is 0 Å². The smallest absolute Gasteiger partial charge is 0.124 e. The molecule has 0 bridgehead atoms. The molecule has 74 valence electrons. The van der Waals surface area contributed by atoms with E-state index in [1.165, 1.54) is 11.3 Å². The zero-order valence-corrected chi connectivity index (χ0v) is 9.98. The fourth-order valence-electron chi connectivity index (χ4n) is 1.10. The Morgan fingerprint density at radius 2 is 2.46 bits per heavy atom. The van der Waals surface area contributed by atoms with Crippen LogP contribution in [0.1, 0.15) is 18.2 Å². The number of hydrogen-bond donors (Lipinski definition) is 1. The number of methoxy groups -OCH3 is 1. The highest BCUT2D eigenvalue weighted by atomic mass is 79.9. The van der Waals surface area contributed by atoms with Gasteiger partial charge in [-0.1, -0.05) is 6.92 Å². The maximum Gasteiger partial charge on any atom is 0.124 e. The van der Waals surface area contributed by atoms with Crippen LogP contribution in [0.3, 0.4) is 0 Å². The Morgan fingerprint density at radius 1 is 1.77 bits per heavy atom. The summed E-state index contributed by atoms with van der Waals surface area (Å²) in [6.45, 7) is 2.22. The van der Waals surface area contributed by atoms with Crippen molar-refractivity contribution in [3.63, 3.8) is 0 Å². The van der Waals surface area contributed by atoms with Crippen LogP contribution in [0.5, 0.6) is 0 Å². The van der Waals surface area contributed by atoms with Gasteiger partial charge in [-0.15, -0.1) is 11.3 Å². The summed E-state index contributed by atoms with van der Waals surface area (Å²) in [6.07, 6.45) is 0.613. The first kappa shape index (κ1) is 11.1. The van der Waals surface area contributed by atoms with Gasteiger partial charge in [-0.2, -0.15) is 0 Å². The van der Waals surface area contributed by atoms with Crippen LogP contribution in [0.4, 0.5) is 0 Å². The lowest BCUT2D eigenvalue weighted by molar-refractivity contribution is -0.0365. The van der Waals surface area contributed by atoms with Crippen LogP contribution in [0, 0.1) is 0 Å². The molecule has 1 N–H and O–H groups in total. The Labute approximate surface area is 89.9 Å². The highest BCUT2D eigenvalue weighted by Crippen LogP contribution is 2.33. The summed E-state index contributed by atoms with van der Waals surface area (Å²) in [5.74, 6) is 0. The Hall–Kier alpha value is 0.0300. The van der Waals surface area contributed by atoms with Crippen LogP contribution < -0.4 is 0 Å². The summed E-state index contributed by atoms with van der Waals surface area (Å²) >= 11 is 4.73. The van der Waals surface area contributed by atoms with Crippen molar-refractivity contribution in [3.8, 4) is 0 Å². The Kier molecular flexibility index (Phi) is 3.85. The first-order valence-corrected chi connectivity index (χ1v) is 5.62. The molecule has 0 fully saturated rings. The second-order valence-electron chi connectivity index (χ2n) is 2.79. The molecular formula is C8H12BrNO2S. The molecule has 3 nitrogen and oxygen atoms in total. The summed E-state index contributed by atoms with van der Waals surface area (Å²) in [5, 5.41) is 10.2. The molecule has 0 aliphatic heterocycles. The van der Waals surface area contributed by atoms with Crippen LogP contribution in [0.15, 0.2) is 10.1 Å². The summed E-state index contributed by atoms with van der Waals surface area (Å²) in [7, 11) is 1.58. The maximum absolute atomic E-state index is 10.2. The van der Waals surface area contributed by atoms with Gasteiger partial charge in [0.15, 0.2) is 0 Å². The summed E-state index contributed by atoms with van der Waals surface area (Å²) in [5.41, 5.74) is 0.796. The van der Waals surface area contributed by atoms with E-state index in [1.54, 1.807) is 12.6 Å². The molecule has 5 heteroatoms. The average Bonchev–Trinajstić information content (AvgIpc) is 2.52. The molecular weight excluding hydrogens is 254 g/mol. The Bertz CT molecular complexity index is 279. The highest BCUT2D eigenvalue weighted by Gasteiger charge is 2.31. The van der Waals surface area contributed by atoms with Crippen molar-refractivity contribution in [2.75, 3.05) is 13.7 Å². The van der Waals surface area contributed by atoms with Gasteiger partial charge in [-0.3, -0.25) is 0 Å². The number of hydrogen-bond acceptors (Lipinski definition) is 4.